The van der Waals surface area contributed by atoms with Crippen LogP contribution in [0.2, 0.25) is 5.15 Å². The zero-order valence-corrected chi connectivity index (χ0v) is 14.0. The van der Waals surface area contributed by atoms with E-state index in [0.29, 0.717) is 11.2 Å². The molecule has 0 amide bonds. The molecule has 0 atom stereocenters. The van der Waals surface area contributed by atoms with Crippen molar-refractivity contribution in [3.05, 3.63) is 41.0 Å². The van der Waals surface area contributed by atoms with E-state index in [-0.39, 0.29) is 0 Å². The van der Waals surface area contributed by atoms with Crippen molar-refractivity contribution in [1.82, 2.24) is 15.2 Å². The number of halogens is 1. The number of rotatable bonds is 5. The van der Waals surface area contributed by atoms with Crippen molar-refractivity contribution in [2.45, 2.75) is 29.0 Å². The number of fused-ring (bicyclic) bond motifs is 1. The van der Waals surface area contributed by atoms with Crippen molar-refractivity contribution < 1.29 is 0 Å². The number of aromatic nitrogens is 3. The van der Waals surface area contributed by atoms with Gasteiger partial charge in [0, 0.05) is 22.7 Å². The molecule has 1 N–H and O–H groups in total. The van der Waals surface area contributed by atoms with E-state index < -0.39 is 0 Å². The highest BCUT2D eigenvalue weighted by Gasteiger charge is 2.22. The van der Waals surface area contributed by atoms with E-state index in [1.54, 1.807) is 23.1 Å². The Kier molecular flexibility index (Phi) is 3.90. The van der Waals surface area contributed by atoms with Crippen LogP contribution in [0.15, 0.2) is 34.7 Å². The molecular weight excluding hydrogens is 336 g/mol. The minimum Gasteiger partial charge on any atom is -0.357 e. The van der Waals surface area contributed by atoms with Crippen LogP contribution in [-0.2, 0) is 5.75 Å². The SMILES string of the molecule is Clc1nc2ccccc2cc1CSc1nnc(NC2CC2)s1. The number of hydrogen-bond acceptors (Lipinski definition) is 6. The number of para-hydroxylation sites is 1. The Hall–Kier alpha value is -1.37. The topological polar surface area (TPSA) is 50.7 Å². The van der Waals surface area contributed by atoms with E-state index in [2.05, 4.69) is 32.6 Å². The highest BCUT2D eigenvalue weighted by atomic mass is 35.5. The van der Waals surface area contributed by atoms with Crippen molar-refractivity contribution in [2.75, 3.05) is 5.32 Å². The average molecular weight is 349 g/mol. The van der Waals surface area contributed by atoms with Gasteiger partial charge in [-0.3, -0.25) is 0 Å². The summed E-state index contributed by atoms with van der Waals surface area (Å²) in [5.41, 5.74) is 1.95. The van der Waals surface area contributed by atoms with Gasteiger partial charge in [-0.15, -0.1) is 10.2 Å². The Morgan fingerprint density at radius 1 is 1.27 bits per heavy atom. The summed E-state index contributed by atoms with van der Waals surface area (Å²) in [5, 5.41) is 14.3. The number of benzene rings is 1. The molecule has 0 unspecified atom stereocenters. The second kappa shape index (κ2) is 6.02. The van der Waals surface area contributed by atoms with Gasteiger partial charge in [0.2, 0.25) is 5.13 Å². The maximum atomic E-state index is 6.28. The predicted octanol–water partition coefficient (Wildman–Crippen LogP) is 4.61. The molecule has 1 fully saturated rings. The van der Waals surface area contributed by atoms with Crippen LogP contribution in [-0.4, -0.2) is 21.2 Å². The summed E-state index contributed by atoms with van der Waals surface area (Å²) in [6, 6.07) is 10.7. The van der Waals surface area contributed by atoms with Gasteiger partial charge in [-0.1, -0.05) is 52.9 Å². The molecule has 22 heavy (non-hydrogen) atoms. The van der Waals surface area contributed by atoms with E-state index in [4.69, 9.17) is 11.6 Å². The van der Waals surface area contributed by atoms with Crippen LogP contribution >= 0.6 is 34.7 Å². The second-order valence-electron chi connectivity index (χ2n) is 5.21. The fourth-order valence-corrected chi connectivity index (χ4v) is 4.20. The van der Waals surface area contributed by atoms with Crippen LogP contribution in [0, 0.1) is 0 Å². The summed E-state index contributed by atoms with van der Waals surface area (Å²) in [5.74, 6) is 0.745. The number of anilines is 1. The molecule has 0 saturated heterocycles. The molecule has 3 aromatic rings. The first-order valence-corrected chi connectivity index (χ1v) is 9.23. The maximum absolute atomic E-state index is 6.28. The van der Waals surface area contributed by atoms with E-state index in [1.165, 1.54) is 12.8 Å². The Balaban J connectivity index is 1.48. The molecule has 1 aromatic carbocycles. The molecule has 1 aliphatic rings. The minimum absolute atomic E-state index is 0.562. The predicted molar refractivity (Wildman–Crippen MR) is 92.9 cm³/mol. The molecule has 4 rings (SSSR count). The number of thioether (sulfide) groups is 1. The standard InChI is InChI=1S/C15H13ClN4S2/c16-13-10(7-9-3-1-2-4-12(9)18-13)8-21-15-20-19-14(22-15)17-11-5-6-11/h1-4,7,11H,5-6,8H2,(H,17,19). The summed E-state index contributed by atoms with van der Waals surface area (Å²) in [7, 11) is 0. The van der Waals surface area contributed by atoms with Crippen molar-refractivity contribution >= 4 is 50.7 Å². The minimum atomic E-state index is 0.562. The van der Waals surface area contributed by atoms with Gasteiger partial charge in [0.25, 0.3) is 0 Å². The molecule has 0 aliphatic heterocycles. The van der Waals surface area contributed by atoms with Crippen LogP contribution in [0.4, 0.5) is 5.13 Å². The molecule has 0 spiro atoms. The quantitative estimate of drug-likeness (QED) is 0.539. The molecule has 7 heteroatoms. The summed E-state index contributed by atoms with van der Waals surface area (Å²) < 4.78 is 0.951. The highest BCUT2D eigenvalue weighted by molar-refractivity contribution is 8.00. The molecule has 0 radical (unpaired) electrons. The van der Waals surface area contributed by atoms with Gasteiger partial charge in [0.1, 0.15) is 5.15 Å². The van der Waals surface area contributed by atoms with E-state index >= 15 is 0 Å². The molecular formula is C15H13ClN4S2. The number of pyridine rings is 1. The van der Waals surface area contributed by atoms with Gasteiger partial charge < -0.3 is 5.32 Å². The van der Waals surface area contributed by atoms with Gasteiger partial charge in [0.05, 0.1) is 5.52 Å². The normalized spacial score (nSPS) is 14.4. The van der Waals surface area contributed by atoms with E-state index in [1.807, 2.05) is 18.2 Å². The van der Waals surface area contributed by atoms with Crippen LogP contribution in [0.5, 0.6) is 0 Å². The average Bonchev–Trinajstić information content (AvgIpc) is 3.22. The lowest BCUT2D eigenvalue weighted by atomic mass is 10.2. The Morgan fingerprint density at radius 2 is 2.14 bits per heavy atom. The van der Waals surface area contributed by atoms with Crippen LogP contribution < -0.4 is 5.32 Å². The third-order valence-electron chi connectivity index (χ3n) is 3.41. The Labute approximate surface area is 141 Å². The van der Waals surface area contributed by atoms with Gasteiger partial charge in [0.15, 0.2) is 4.34 Å². The maximum Gasteiger partial charge on any atom is 0.206 e. The van der Waals surface area contributed by atoms with Crippen LogP contribution in [0.3, 0.4) is 0 Å². The lowest BCUT2D eigenvalue weighted by molar-refractivity contribution is 0.994. The van der Waals surface area contributed by atoms with Crippen molar-refractivity contribution in [3.8, 4) is 0 Å². The van der Waals surface area contributed by atoms with Crippen molar-refractivity contribution in [2.24, 2.45) is 0 Å². The van der Waals surface area contributed by atoms with Gasteiger partial charge >= 0.3 is 0 Å². The van der Waals surface area contributed by atoms with Crippen LogP contribution in [0.25, 0.3) is 10.9 Å². The fraction of sp³-hybridized carbons (Fsp3) is 0.267. The number of nitrogens with one attached hydrogen (secondary N) is 1. The van der Waals surface area contributed by atoms with Gasteiger partial charge in [-0.2, -0.15) is 0 Å². The lowest BCUT2D eigenvalue weighted by Crippen LogP contribution is -1.99. The van der Waals surface area contributed by atoms with Gasteiger partial charge in [-0.25, -0.2) is 4.98 Å². The van der Waals surface area contributed by atoms with Crippen molar-refractivity contribution in [1.29, 1.82) is 0 Å². The third-order valence-corrected chi connectivity index (χ3v) is 5.78. The first-order chi connectivity index (χ1) is 10.8. The number of nitrogens with zero attached hydrogens (tertiary/aromatic N) is 3. The Bertz CT molecular complexity index is 816. The highest BCUT2D eigenvalue weighted by Crippen LogP contribution is 2.33. The Morgan fingerprint density at radius 3 is 3.00 bits per heavy atom. The lowest BCUT2D eigenvalue weighted by Gasteiger charge is -2.04. The molecule has 2 aromatic heterocycles. The molecule has 0 bridgehead atoms. The molecule has 1 saturated carbocycles. The molecule has 1 aliphatic carbocycles. The summed E-state index contributed by atoms with van der Waals surface area (Å²) in [4.78, 5) is 4.45. The number of hydrogen-bond donors (Lipinski definition) is 1. The first-order valence-electron chi connectivity index (χ1n) is 7.05. The zero-order valence-electron chi connectivity index (χ0n) is 11.6. The molecule has 4 nitrogen and oxygen atoms in total. The summed E-state index contributed by atoms with van der Waals surface area (Å²) >= 11 is 9.52. The summed E-state index contributed by atoms with van der Waals surface area (Å²) in [6.45, 7) is 0. The van der Waals surface area contributed by atoms with E-state index in [9.17, 15) is 0 Å². The first kappa shape index (κ1) is 14.2. The smallest absolute Gasteiger partial charge is 0.206 e. The molecule has 112 valence electrons. The zero-order chi connectivity index (χ0) is 14.9. The summed E-state index contributed by atoms with van der Waals surface area (Å²) in [6.07, 6.45) is 2.47. The van der Waals surface area contributed by atoms with E-state index in [0.717, 1.165) is 31.7 Å². The van der Waals surface area contributed by atoms with Crippen molar-refractivity contribution in [3.63, 3.8) is 0 Å². The van der Waals surface area contributed by atoms with Gasteiger partial charge in [-0.05, 0) is 25.0 Å². The second-order valence-corrected chi connectivity index (χ2v) is 7.77. The van der Waals surface area contributed by atoms with Crippen LogP contribution in [0.1, 0.15) is 18.4 Å². The third kappa shape index (κ3) is 3.19. The monoisotopic (exact) mass is 348 g/mol. The fourth-order valence-electron chi connectivity index (χ4n) is 2.11. The largest absolute Gasteiger partial charge is 0.357 e. The molecule has 2 heterocycles.